The molecule has 1 aromatic heterocycles. The molecule has 136 valence electrons. The number of carbonyl (C=O) groups is 1. The highest BCUT2D eigenvalue weighted by Gasteiger charge is 2.32. The first-order chi connectivity index (χ1) is 11.9. The van der Waals surface area contributed by atoms with Crippen molar-refractivity contribution in [3.05, 3.63) is 48.2 Å². The number of hydrazine groups is 1. The van der Waals surface area contributed by atoms with E-state index in [1.54, 1.807) is 36.7 Å². The number of hydrogen-bond donors (Lipinski definition) is 3. The van der Waals surface area contributed by atoms with E-state index in [1.165, 1.54) is 18.3 Å². The van der Waals surface area contributed by atoms with E-state index >= 15 is 0 Å². The van der Waals surface area contributed by atoms with Crippen molar-refractivity contribution in [2.45, 2.75) is 13.0 Å². The van der Waals surface area contributed by atoms with Crippen LogP contribution in [0.5, 0.6) is 11.6 Å². The van der Waals surface area contributed by atoms with Crippen LogP contribution in [0.4, 0.5) is 18.9 Å². The van der Waals surface area contributed by atoms with Crippen LogP contribution in [0.1, 0.15) is 5.56 Å². The summed E-state index contributed by atoms with van der Waals surface area (Å²) >= 11 is 0. The molecular weight excluding hydrogens is 341 g/mol. The predicted octanol–water partition coefficient (Wildman–Crippen LogP) is 2.21. The smallest absolute Gasteiger partial charge is 0.473 e. The first kappa shape index (κ1) is 20.0. The molecule has 1 aromatic carbocycles. The highest BCUT2D eigenvalue weighted by atomic mass is 19.4. The number of anilines is 1. The third-order valence-corrected chi connectivity index (χ3v) is 2.70. The third-order valence-electron chi connectivity index (χ3n) is 2.70. The molecular formula is C15H17F3N4O3. The molecule has 1 amide bonds. The summed E-state index contributed by atoms with van der Waals surface area (Å²) in [5.74, 6) is 4.43. The molecule has 0 aliphatic heterocycles. The van der Waals surface area contributed by atoms with Crippen LogP contribution in [0.15, 0.2) is 42.6 Å². The number of aromatic nitrogens is 1. The number of hydrogen-bond acceptors (Lipinski definition) is 6. The van der Waals surface area contributed by atoms with Crippen LogP contribution in [-0.2, 0) is 11.4 Å². The Hall–Kier alpha value is -3.01. The zero-order chi connectivity index (χ0) is 18.7. The first-order valence-corrected chi connectivity index (χ1v) is 6.90. The van der Waals surface area contributed by atoms with E-state index in [2.05, 4.69) is 20.9 Å². The van der Waals surface area contributed by atoms with Gasteiger partial charge in [-0.2, -0.15) is 0 Å². The molecule has 0 aliphatic carbocycles. The minimum absolute atomic E-state index is 0.0978. The van der Waals surface area contributed by atoms with Crippen LogP contribution in [0.2, 0.25) is 0 Å². The lowest BCUT2D eigenvalue weighted by Crippen LogP contribution is -2.19. The molecule has 10 heteroatoms. The standard InChI is InChI=1S/C14H13F3N2O2.CH4N2O/c1-18-11-5-4-6-12(21-14(15,16)17)10(11)9-20-13-7-2-3-8-19-13;2-3-1-4/h2-8,18H,9H2,1H3;1H,2H2,(H,3,4). The fraction of sp³-hybridized carbons (Fsp3) is 0.200. The maximum absolute atomic E-state index is 12.4. The zero-order valence-electron chi connectivity index (χ0n) is 13.2. The van der Waals surface area contributed by atoms with Gasteiger partial charge in [0.1, 0.15) is 12.4 Å². The fourth-order valence-electron chi connectivity index (χ4n) is 1.75. The van der Waals surface area contributed by atoms with Gasteiger partial charge in [0.25, 0.3) is 0 Å². The van der Waals surface area contributed by atoms with Crippen molar-refractivity contribution < 1.29 is 27.4 Å². The van der Waals surface area contributed by atoms with Crippen LogP contribution in [0.25, 0.3) is 0 Å². The zero-order valence-corrected chi connectivity index (χ0v) is 13.2. The number of halogens is 3. The summed E-state index contributed by atoms with van der Waals surface area (Å²) in [5, 5.41) is 2.81. The second-order valence-corrected chi connectivity index (χ2v) is 4.32. The summed E-state index contributed by atoms with van der Waals surface area (Å²) in [4.78, 5) is 12.9. The molecule has 0 radical (unpaired) electrons. The number of nitrogens with one attached hydrogen (secondary N) is 2. The van der Waals surface area contributed by atoms with Crippen LogP contribution in [-0.4, -0.2) is 24.8 Å². The summed E-state index contributed by atoms with van der Waals surface area (Å²) in [6.45, 7) is -0.0978. The summed E-state index contributed by atoms with van der Waals surface area (Å²) < 4.78 is 46.7. The van der Waals surface area contributed by atoms with E-state index in [-0.39, 0.29) is 17.9 Å². The van der Waals surface area contributed by atoms with E-state index in [9.17, 15) is 13.2 Å². The quantitative estimate of drug-likeness (QED) is 0.317. The minimum atomic E-state index is -4.76. The number of carbonyl (C=O) groups excluding carboxylic acids is 1. The van der Waals surface area contributed by atoms with Crippen molar-refractivity contribution in [2.24, 2.45) is 5.84 Å². The van der Waals surface area contributed by atoms with Gasteiger partial charge in [0.05, 0.1) is 5.56 Å². The highest BCUT2D eigenvalue weighted by molar-refractivity contribution is 5.57. The number of pyridine rings is 1. The van der Waals surface area contributed by atoms with Crippen molar-refractivity contribution in [3.8, 4) is 11.6 Å². The lowest BCUT2D eigenvalue weighted by molar-refractivity contribution is -0.275. The van der Waals surface area contributed by atoms with E-state index in [0.29, 0.717) is 18.0 Å². The van der Waals surface area contributed by atoms with Gasteiger partial charge >= 0.3 is 6.36 Å². The number of benzene rings is 1. The second-order valence-electron chi connectivity index (χ2n) is 4.32. The summed E-state index contributed by atoms with van der Waals surface area (Å²) in [6, 6.07) is 9.40. The predicted molar refractivity (Wildman–Crippen MR) is 84.6 cm³/mol. The SMILES string of the molecule is CNc1cccc(OC(F)(F)F)c1COc1ccccn1.NNC=O. The highest BCUT2D eigenvalue weighted by Crippen LogP contribution is 2.31. The largest absolute Gasteiger partial charge is 0.573 e. The van der Waals surface area contributed by atoms with Crippen molar-refractivity contribution in [1.29, 1.82) is 0 Å². The Labute approximate surface area is 141 Å². The monoisotopic (exact) mass is 358 g/mol. The lowest BCUT2D eigenvalue weighted by Gasteiger charge is -2.16. The molecule has 7 nitrogen and oxygen atoms in total. The molecule has 0 atom stereocenters. The number of nitrogens with two attached hydrogens (primary N) is 1. The molecule has 0 spiro atoms. The number of ether oxygens (including phenoxy) is 2. The Balaban J connectivity index is 0.000000705. The van der Waals surface area contributed by atoms with Crippen LogP contribution < -0.4 is 26.1 Å². The number of amides is 1. The Bertz CT molecular complexity index is 654. The van der Waals surface area contributed by atoms with Crippen molar-refractivity contribution in [3.63, 3.8) is 0 Å². The maximum atomic E-state index is 12.4. The average Bonchev–Trinajstić information content (AvgIpc) is 2.60. The average molecular weight is 358 g/mol. The van der Waals surface area contributed by atoms with Gasteiger partial charge in [-0.25, -0.2) is 10.8 Å². The molecule has 0 bridgehead atoms. The lowest BCUT2D eigenvalue weighted by atomic mass is 10.1. The van der Waals surface area contributed by atoms with Crippen LogP contribution in [0.3, 0.4) is 0 Å². The molecule has 0 fully saturated rings. The van der Waals surface area contributed by atoms with Crippen molar-refractivity contribution in [2.75, 3.05) is 12.4 Å². The topological polar surface area (TPSA) is 98.5 Å². The molecule has 0 aliphatic rings. The Morgan fingerprint density at radius 3 is 2.48 bits per heavy atom. The molecule has 0 unspecified atom stereocenters. The van der Waals surface area contributed by atoms with E-state index in [4.69, 9.17) is 9.53 Å². The maximum Gasteiger partial charge on any atom is 0.573 e. The fourth-order valence-corrected chi connectivity index (χ4v) is 1.75. The van der Waals surface area contributed by atoms with E-state index in [1.807, 2.05) is 0 Å². The second kappa shape index (κ2) is 9.98. The van der Waals surface area contributed by atoms with Gasteiger partial charge in [-0.15, -0.1) is 13.2 Å². The normalized spacial score (nSPS) is 10.1. The number of alkyl halides is 3. The molecule has 25 heavy (non-hydrogen) atoms. The Morgan fingerprint density at radius 2 is 1.96 bits per heavy atom. The van der Waals surface area contributed by atoms with Crippen molar-refractivity contribution in [1.82, 2.24) is 10.4 Å². The summed E-state index contributed by atoms with van der Waals surface area (Å²) in [7, 11) is 1.61. The van der Waals surface area contributed by atoms with Gasteiger partial charge in [0, 0.05) is 25.0 Å². The third kappa shape index (κ3) is 7.40. The molecule has 1 heterocycles. The summed E-state index contributed by atoms with van der Waals surface area (Å²) in [6.07, 6.45) is -2.82. The van der Waals surface area contributed by atoms with Gasteiger partial charge in [-0.05, 0) is 18.2 Å². The molecule has 2 aromatic rings. The molecule has 0 saturated carbocycles. The Morgan fingerprint density at radius 1 is 1.24 bits per heavy atom. The molecule has 2 rings (SSSR count). The summed E-state index contributed by atoms with van der Waals surface area (Å²) in [5.41, 5.74) is 2.51. The van der Waals surface area contributed by atoms with Gasteiger partial charge in [-0.3, -0.25) is 10.2 Å². The molecule has 0 saturated heterocycles. The Kier molecular flexibility index (Phi) is 8.00. The van der Waals surface area contributed by atoms with Crippen molar-refractivity contribution >= 4 is 12.1 Å². The number of rotatable bonds is 6. The number of nitrogens with zero attached hydrogens (tertiary/aromatic N) is 1. The van der Waals surface area contributed by atoms with Gasteiger partial charge < -0.3 is 14.8 Å². The van der Waals surface area contributed by atoms with Gasteiger partial charge in [-0.1, -0.05) is 12.1 Å². The minimum Gasteiger partial charge on any atom is -0.473 e. The first-order valence-electron chi connectivity index (χ1n) is 6.90. The molecule has 4 N–H and O–H groups in total. The van der Waals surface area contributed by atoms with E-state index in [0.717, 1.165) is 0 Å². The van der Waals surface area contributed by atoms with Gasteiger partial charge in [0.15, 0.2) is 0 Å². The van der Waals surface area contributed by atoms with Crippen LogP contribution in [0, 0.1) is 0 Å². The van der Waals surface area contributed by atoms with E-state index < -0.39 is 6.36 Å². The van der Waals surface area contributed by atoms with Gasteiger partial charge in [0.2, 0.25) is 12.3 Å². The van der Waals surface area contributed by atoms with Crippen LogP contribution >= 0.6 is 0 Å².